The zero-order chi connectivity index (χ0) is 13.8. The maximum absolute atomic E-state index is 2.62. The van der Waals surface area contributed by atoms with Gasteiger partial charge in [-0.15, -0.1) is 0 Å². The van der Waals surface area contributed by atoms with Crippen molar-refractivity contribution in [3.05, 3.63) is 29.8 Å². The molecule has 19 heavy (non-hydrogen) atoms. The zero-order valence-corrected chi connectivity index (χ0v) is 12.9. The molecule has 1 unspecified atom stereocenters. The summed E-state index contributed by atoms with van der Waals surface area (Å²) in [6.45, 7) is 8.36. The lowest BCUT2D eigenvalue weighted by atomic mass is 9.88. The Kier molecular flexibility index (Phi) is 4.87. The monoisotopic (exact) mass is 260 g/mol. The normalized spacial score (nSPS) is 20.8. The lowest BCUT2D eigenvalue weighted by Crippen LogP contribution is -2.36. The van der Waals surface area contributed by atoms with Crippen LogP contribution in [0.3, 0.4) is 0 Å². The summed E-state index contributed by atoms with van der Waals surface area (Å²) in [5.41, 5.74) is 2.72. The van der Waals surface area contributed by atoms with Crippen LogP contribution in [-0.2, 0) is 6.54 Å². The number of piperidine rings is 1. The Hall–Kier alpha value is -1.02. The second-order valence-electron chi connectivity index (χ2n) is 6.44. The molecule has 0 amide bonds. The minimum absolute atomic E-state index is 0.818. The van der Waals surface area contributed by atoms with Crippen molar-refractivity contribution in [2.24, 2.45) is 11.8 Å². The average molecular weight is 260 g/mol. The van der Waals surface area contributed by atoms with Gasteiger partial charge in [0.05, 0.1) is 0 Å². The van der Waals surface area contributed by atoms with Gasteiger partial charge in [-0.05, 0) is 48.9 Å². The van der Waals surface area contributed by atoms with Gasteiger partial charge < -0.3 is 4.90 Å². The Labute approximate surface area is 118 Å². The maximum Gasteiger partial charge on any atom is 0.0361 e. The smallest absolute Gasteiger partial charge is 0.0361 e. The molecule has 0 aliphatic carbocycles. The van der Waals surface area contributed by atoms with E-state index in [-0.39, 0.29) is 0 Å². The molecule has 0 N–H and O–H groups in total. The van der Waals surface area contributed by atoms with E-state index in [1.807, 2.05) is 0 Å². The molecular weight excluding hydrogens is 232 g/mol. The standard InChI is InChI=1S/C17H28N2/c1-14(2)16-6-5-11-19(13-16)12-15-7-9-17(10-8-15)18(3)4/h7-10,14,16H,5-6,11-13H2,1-4H3. The molecule has 0 spiro atoms. The van der Waals surface area contributed by atoms with Crippen LogP contribution < -0.4 is 4.90 Å². The molecule has 1 aromatic carbocycles. The van der Waals surface area contributed by atoms with E-state index in [2.05, 4.69) is 62.0 Å². The Morgan fingerprint density at radius 2 is 1.89 bits per heavy atom. The van der Waals surface area contributed by atoms with Crippen molar-refractivity contribution < 1.29 is 0 Å². The summed E-state index contributed by atoms with van der Waals surface area (Å²) in [6.07, 6.45) is 2.77. The van der Waals surface area contributed by atoms with Gasteiger partial charge in [-0.25, -0.2) is 0 Å². The zero-order valence-electron chi connectivity index (χ0n) is 12.9. The van der Waals surface area contributed by atoms with Crippen LogP contribution in [0.1, 0.15) is 32.3 Å². The third-order valence-corrected chi connectivity index (χ3v) is 4.34. The van der Waals surface area contributed by atoms with E-state index in [4.69, 9.17) is 0 Å². The highest BCUT2D eigenvalue weighted by Crippen LogP contribution is 2.24. The van der Waals surface area contributed by atoms with Crippen molar-refractivity contribution in [2.75, 3.05) is 32.1 Å². The molecule has 1 saturated heterocycles. The number of rotatable bonds is 4. The van der Waals surface area contributed by atoms with Gasteiger partial charge >= 0.3 is 0 Å². The lowest BCUT2D eigenvalue weighted by Gasteiger charge is -2.34. The van der Waals surface area contributed by atoms with Crippen molar-refractivity contribution in [3.63, 3.8) is 0 Å². The topological polar surface area (TPSA) is 6.48 Å². The van der Waals surface area contributed by atoms with Crippen LogP contribution in [0.15, 0.2) is 24.3 Å². The van der Waals surface area contributed by atoms with Gasteiger partial charge in [-0.2, -0.15) is 0 Å². The predicted octanol–water partition coefficient (Wildman–Crippen LogP) is 3.62. The highest BCUT2D eigenvalue weighted by molar-refractivity contribution is 5.45. The van der Waals surface area contributed by atoms with Crippen molar-refractivity contribution in [2.45, 2.75) is 33.2 Å². The molecule has 1 atom stereocenters. The van der Waals surface area contributed by atoms with E-state index < -0.39 is 0 Å². The highest BCUT2D eigenvalue weighted by atomic mass is 15.1. The van der Waals surface area contributed by atoms with Crippen LogP contribution in [-0.4, -0.2) is 32.1 Å². The second kappa shape index (κ2) is 6.42. The molecule has 106 valence electrons. The van der Waals surface area contributed by atoms with Gasteiger partial charge in [-0.1, -0.05) is 26.0 Å². The molecule has 1 fully saturated rings. The molecule has 0 aromatic heterocycles. The first-order valence-corrected chi connectivity index (χ1v) is 7.55. The summed E-state index contributed by atoms with van der Waals surface area (Å²) in [7, 11) is 4.18. The van der Waals surface area contributed by atoms with Crippen LogP contribution in [0.2, 0.25) is 0 Å². The minimum Gasteiger partial charge on any atom is -0.378 e. The molecule has 2 heteroatoms. The van der Waals surface area contributed by atoms with E-state index in [0.29, 0.717) is 0 Å². The first kappa shape index (κ1) is 14.4. The highest BCUT2D eigenvalue weighted by Gasteiger charge is 2.22. The van der Waals surface area contributed by atoms with Crippen LogP contribution in [0.5, 0.6) is 0 Å². The summed E-state index contributed by atoms with van der Waals surface area (Å²) < 4.78 is 0. The van der Waals surface area contributed by atoms with Gasteiger partial charge in [0.1, 0.15) is 0 Å². The molecule has 1 aliphatic heterocycles. The molecule has 1 aliphatic rings. The summed E-state index contributed by atoms with van der Waals surface area (Å²) in [6, 6.07) is 8.99. The van der Waals surface area contributed by atoms with Crippen LogP contribution >= 0.6 is 0 Å². The van der Waals surface area contributed by atoms with E-state index in [9.17, 15) is 0 Å². The largest absolute Gasteiger partial charge is 0.378 e. The molecule has 1 aromatic rings. The van der Waals surface area contributed by atoms with Crippen molar-refractivity contribution in [3.8, 4) is 0 Å². The SMILES string of the molecule is CC(C)C1CCCN(Cc2ccc(N(C)C)cc2)C1. The van der Waals surface area contributed by atoms with Crippen LogP contribution in [0.4, 0.5) is 5.69 Å². The van der Waals surface area contributed by atoms with E-state index in [1.165, 1.54) is 37.2 Å². The molecule has 2 nitrogen and oxygen atoms in total. The maximum atomic E-state index is 2.62. The predicted molar refractivity (Wildman–Crippen MR) is 83.6 cm³/mol. The molecule has 0 saturated carbocycles. The second-order valence-corrected chi connectivity index (χ2v) is 6.44. The van der Waals surface area contributed by atoms with E-state index >= 15 is 0 Å². The van der Waals surface area contributed by atoms with Crippen molar-refractivity contribution >= 4 is 5.69 Å². The van der Waals surface area contributed by atoms with Gasteiger partial charge in [0.25, 0.3) is 0 Å². The fraction of sp³-hybridized carbons (Fsp3) is 0.647. The minimum atomic E-state index is 0.818. The number of hydrogen-bond donors (Lipinski definition) is 0. The first-order valence-electron chi connectivity index (χ1n) is 7.55. The molecule has 0 radical (unpaired) electrons. The van der Waals surface area contributed by atoms with Crippen molar-refractivity contribution in [1.29, 1.82) is 0 Å². The first-order chi connectivity index (χ1) is 9.06. The molecule has 0 bridgehead atoms. The van der Waals surface area contributed by atoms with Crippen molar-refractivity contribution in [1.82, 2.24) is 4.90 Å². The summed E-state index contributed by atoms with van der Waals surface area (Å²) in [4.78, 5) is 4.78. The van der Waals surface area contributed by atoms with Gasteiger partial charge in [0.2, 0.25) is 0 Å². The average Bonchev–Trinajstić information content (AvgIpc) is 2.39. The molecule has 1 heterocycles. The number of anilines is 1. The number of benzene rings is 1. The number of hydrogen-bond acceptors (Lipinski definition) is 2. The number of likely N-dealkylation sites (tertiary alicyclic amines) is 1. The van der Waals surface area contributed by atoms with Gasteiger partial charge in [0, 0.05) is 32.9 Å². The molecular formula is C17H28N2. The quantitative estimate of drug-likeness (QED) is 0.816. The van der Waals surface area contributed by atoms with Crippen LogP contribution in [0, 0.1) is 11.8 Å². The number of nitrogens with zero attached hydrogens (tertiary/aromatic N) is 2. The Bertz CT molecular complexity index is 381. The fourth-order valence-corrected chi connectivity index (χ4v) is 2.94. The van der Waals surface area contributed by atoms with Gasteiger partial charge in [-0.3, -0.25) is 4.90 Å². The Morgan fingerprint density at radius 1 is 1.21 bits per heavy atom. The van der Waals surface area contributed by atoms with Crippen LogP contribution in [0.25, 0.3) is 0 Å². The lowest BCUT2D eigenvalue weighted by molar-refractivity contribution is 0.139. The third kappa shape index (κ3) is 3.97. The van der Waals surface area contributed by atoms with Gasteiger partial charge in [0.15, 0.2) is 0 Å². The third-order valence-electron chi connectivity index (χ3n) is 4.34. The summed E-state index contributed by atoms with van der Waals surface area (Å²) >= 11 is 0. The Balaban J connectivity index is 1.93. The van der Waals surface area contributed by atoms with E-state index in [1.54, 1.807) is 0 Å². The Morgan fingerprint density at radius 3 is 2.47 bits per heavy atom. The van der Waals surface area contributed by atoms with E-state index in [0.717, 1.165) is 18.4 Å². The fourth-order valence-electron chi connectivity index (χ4n) is 2.94. The summed E-state index contributed by atoms with van der Waals surface area (Å²) in [5.74, 6) is 1.70. The summed E-state index contributed by atoms with van der Waals surface area (Å²) in [5, 5.41) is 0. The molecule has 2 rings (SSSR count).